The van der Waals surface area contributed by atoms with Crippen LogP contribution < -0.4 is 24.4 Å². The molecule has 3 rings (SSSR count). The Kier molecular flexibility index (Phi) is 8.40. The second-order valence-electron chi connectivity index (χ2n) is 6.85. The van der Waals surface area contributed by atoms with E-state index in [0.29, 0.717) is 28.6 Å². The van der Waals surface area contributed by atoms with Crippen LogP contribution in [-0.2, 0) is 4.79 Å². The molecule has 0 fully saturated rings. The average molecular weight is 460 g/mol. The molecular weight excluding hydrogens is 436 g/mol. The number of methoxy groups -OCH3 is 3. The van der Waals surface area contributed by atoms with E-state index in [0.717, 1.165) is 5.56 Å². The van der Waals surface area contributed by atoms with Crippen molar-refractivity contribution in [1.82, 2.24) is 5.43 Å². The number of nitrogens with one attached hydrogen (secondary N) is 1. The molecule has 0 aliphatic carbocycles. The maximum atomic E-state index is 12.5. The van der Waals surface area contributed by atoms with Gasteiger partial charge in [0.2, 0.25) is 5.75 Å². The lowest BCUT2D eigenvalue weighted by Gasteiger charge is -2.13. The Labute approximate surface area is 197 Å². The van der Waals surface area contributed by atoms with Gasteiger partial charge in [-0.1, -0.05) is 30.3 Å². The van der Waals surface area contributed by atoms with Gasteiger partial charge in [0.25, 0.3) is 5.91 Å². The van der Waals surface area contributed by atoms with Gasteiger partial charge in [-0.25, -0.2) is 10.2 Å². The molecule has 0 saturated heterocycles. The number of hydrogen-bond donors (Lipinski definition) is 1. The summed E-state index contributed by atoms with van der Waals surface area (Å²) >= 11 is 0. The van der Waals surface area contributed by atoms with E-state index in [1.165, 1.54) is 45.8 Å². The summed E-state index contributed by atoms with van der Waals surface area (Å²) in [5, 5.41) is 3.97. The molecule has 3 aromatic carbocycles. The average Bonchev–Trinajstić information content (AvgIpc) is 2.88. The van der Waals surface area contributed by atoms with Crippen molar-refractivity contribution >= 4 is 24.2 Å². The van der Waals surface area contributed by atoms with E-state index in [-0.39, 0.29) is 5.56 Å². The molecule has 0 saturated carbocycles. The molecule has 0 spiro atoms. The number of carbonyl (C=O) groups is 2. The Balaban J connectivity index is 1.58. The van der Waals surface area contributed by atoms with Crippen LogP contribution in [0.4, 0.5) is 0 Å². The first kappa shape index (κ1) is 24.1. The van der Waals surface area contributed by atoms with Crippen LogP contribution >= 0.6 is 0 Å². The quantitative estimate of drug-likeness (QED) is 0.170. The molecule has 0 aromatic heterocycles. The summed E-state index contributed by atoms with van der Waals surface area (Å²) in [7, 11) is 4.42. The third kappa shape index (κ3) is 6.46. The molecule has 0 atom stereocenters. The minimum Gasteiger partial charge on any atom is -0.493 e. The van der Waals surface area contributed by atoms with Gasteiger partial charge >= 0.3 is 5.97 Å². The van der Waals surface area contributed by atoms with Gasteiger partial charge in [0, 0.05) is 11.6 Å². The van der Waals surface area contributed by atoms with Crippen LogP contribution in [0.5, 0.6) is 23.0 Å². The van der Waals surface area contributed by atoms with Crippen molar-refractivity contribution in [3.05, 3.63) is 89.5 Å². The number of hydrazone groups is 1. The maximum absolute atomic E-state index is 12.5. The number of carbonyl (C=O) groups excluding carboxylic acids is 2. The fourth-order valence-corrected chi connectivity index (χ4v) is 2.94. The van der Waals surface area contributed by atoms with Gasteiger partial charge in [0.15, 0.2) is 11.5 Å². The van der Waals surface area contributed by atoms with Gasteiger partial charge in [-0.15, -0.1) is 0 Å². The molecule has 0 bridgehead atoms. The van der Waals surface area contributed by atoms with E-state index >= 15 is 0 Å². The number of rotatable bonds is 9. The molecule has 0 radical (unpaired) electrons. The fraction of sp³-hybridized carbons (Fsp3) is 0.115. The monoisotopic (exact) mass is 460 g/mol. The molecule has 34 heavy (non-hydrogen) atoms. The van der Waals surface area contributed by atoms with Gasteiger partial charge in [-0.3, -0.25) is 4.79 Å². The lowest BCUT2D eigenvalue weighted by Crippen LogP contribution is -2.18. The number of esters is 1. The van der Waals surface area contributed by atoms with Crippen molar-refractivity contribution in [2.45, 2.75) is 0 Å². The number of amides is 1. The zero-order chi connectivity index (χ0) is 24.3. The number of hydrogen-bond acceptors (Lipinski definition) is 7. The van der Waals surface area contributed by atoms with Gasteiger partial charge in [0.05, 0.1) is 27.5 Å². The van der Waals surface area contributed by atoms with E-state index in [1.807, 2.05) is 30.3 Å². The van der Waals surface area contributed by atoms with Crippen molar-refractivity contribution in [2.24, 2.45) is 5.10 Å². The lowest BCUT2D eigenvalue weighted by molar-refractivity contribution is -0.128. The fourth-order valence-electron chi connectivity index (χ4n) is 2.94. The summed E-state index contributed by atoms with van der Waals surface area (Å²) in [5.74, 6) is 0.566. The standard InChI is InChI=1S/C26H24N2O6/c1-31-22-15-20(16-23(32-2)25(22)33-3)26(30)28-27-17-19-9-12-21(13-10-19)34-24(29)14-11-18-7-5-4-6-8-18/h4-17H,1-3H3,(H,28,30)/b14-11+,27-17+. The van der Waals surface area contributed by atoms with E-state index in [9.17, 15) is 9.59 Å². The highest BCUT2D eigenvalue weighted by Gasteiger charge is 2.16. The van der Waals surface area contributed by atoms with E-state index in [2.05, 4.69) is 10.5 Å². The topological polar surface area (TPSA) is 95.5 Å². The summed E-state index contributed by atoms with van der Waals surface area (Å²) in [6.07, 6.45) is 4.51. The maximum Gasteiger partial charge on any atom is 0.336 e. The molecule has 8 heteroatoms. The van der Waals surface area contributed by atoms with Gasteiger partial charge < -0.3 is 18.9 Å². The number of ether oxygens (including phenoxy) is 4. The molecule has 0 aliphatic rings. The predicted molar refractivity (Wildman–Crippen MR) is 129 cm³/mol. The summed E-state index contributed by atoms with van der Waals surface area (Å²) in [5.41, 5.74) is 4.34. The highest BCUT2D eigenvalue weighted by atomic mass is 16.5. The molecule has 0 unspecified atom stereocenters. The van der Waals surface area contributed by atoms with Crippen LogP contribution in [0.15, 0.2) is 77.9 Å². The second kappa shape index (κ2) is 11.9. The molecule has 0 aliphatic heterocycles. The van der Waals surface area contributed by atoms with Gasteiger partial charge in [-0.05, 0) is 53.6 Å². The Morgan fingerprint density at radius 3 is 2.06 bits per heavy atom. The Bertz CT molecular complexity index is 1160. The Morgan fingerprint density at radius 2 is 1.47 bits per heavy atom. The lowest BCUT2D eigenvalue weighted by atomic mass is 10.1. The van der Waals surface area contributed by atoms with E-state index in [1.54, 1.807) is 30.3 Å². The molecule has 1 amide bonds. The first-order valence-corrected chi connectivity index (χ1v) is 10.2. The molecular formula is C26H24N2O6. The van der Waals surface area contributed by atoms with Crippen LogP contribution in [0.2, 0.25) is 0 Å². The normalized spacial score (nSPS) is 10.8. The zero-order valence-electron chi connectivity index (χ0n) is 19.0. The number of benzene rings is 3. The molecule has 174 valence electrons. The molecule has 0 heterocycles. The van der Waals surface area contributed by atoms with Crippen molar-refractivity contribution in [1.29, 1.82) is 0 Å². The first-order chi connectivity index (χ1) is 16.5. The van der Waals surface area contributed by atoms with Gasteiger partial charge in [0.1, 0.15) is 5.75 Å². The molecule has 1 N–H and O–H groups in total. The van der Waals surface area contributed by atoms with Crippen LogP contribution in [0.25, 0.3) is 6.08 Å². The SMILES string of the molecule is COc1cc(C(=O)N/N=C/c2ccc(OC(=O)/C=C/c3ccccc3)cc2)cc(OC)c1OC. The Hall–Kier alpha value is -4.59. The zero-order valence-corrected chi connectivity index (χ0v) is 19.0. The first-order valence-electron chi connectivity index (χ1n) is 10.2. The van der Waals surface area contributed by atoms with Crippen LogP contribution in [0.3, 0.4) is 0 Å². The van der Waals surface area contributed by atoms with E-state index in [4.69, 9.17) is 18.9 Å². The van der Waals surface area contributed by atoms with Crippen LogP contribution in [-0.4, -0.2) is 39.4 Å². The minimum atomic E-state index is -0.483. The van der Waals surface area contributed by atoms with Crippen molar-refractivity contribution in [3.63, 3.8) is 0 Å². The smallest absolute Gasteiger partial charge is 0.336 e. The highest BCUT2D eigenvalue weighted by molar-refractivity contribution is 5.96. The van der Waals surface area contributed by atoms with Crippen molar-refractivity contribution < 1.29 is 28.5 Å². The molecule has 8 nitrogen and oxygen atoms in total. The van der Waals surface area contributed by atoms with Crippen LogP contribution in [0.1, 0.15) is 21.5 Å². The summed E-state index contributed by atoms with van der Waals surface area (Å²) < 4.78 is 21.0. The largest absolute Gasteiger partial charge is 0.493 e. The van der Waals surface area contributed by atoms with Crippen LogP contribution in [0, 0.1) is 0 Å². The Morgan fingerprint density at radius 1 is 0.824 bits per heavy atom. The highest BCUT2D eigenvalue weighted by Crippen LogP contribution is 2.38. The second-order valence-corrected chi connectivity index (χ2v) is 6.85. The minimum absolute atomic E-state index is 0.289. The third-order valence-electron chi connectivity index (χ3n) is 4.62. The summed E-state index contributed by atoms with van der Waals surface area (Å²) in [6.45, 7) is 0. The van der Waals surface area contributed by atoms with E-state index < -0.39 is 11.9 Å². The predicted octanol–water partition coefficient (Wildman–Crippen LogP) is 4.10. The molecule has 3 aromatic rings. The summed E-state index contributed by atoms with van der Waals surface area (Å²) in [4.78, 5) is 24.4. The van der Waals surface area contributed by atoms with Crippen molar-refractivity contribution in [2.75, 3.05) is 21.3 Å². The summed E-state index contributed by atoms with van der Waals surface area (Å²) in [6, 6.07) is 19.2. The van der Waals surface area contributed by atoms with Gasteiger partial charge in [-0.2, -0.15) is 5.10 Å². The number of nitrogens with zero attached hydrogens (tertiary/aromatic N) is 1. The third-order valence-corrected chi connectivity index (χ3v) is 4.62. The van der Waals surface area contributed by atoms with Crippen molar-refractivity contribution in [3.8, 4) is 23.0 Å².